The Morgan fingerprint density at radius 3 is 2.56 bits per heavy atom. The lowest BCUT2D eigenvalue weighted by Gasteiger charge is -2.07. The molecule has 18 heavy (non-hydrogen) atoms. The molecule has 2 heterocycles. The molecular formula is C10H6ClF3N2OS. The summed E-state index contributed by atoms with van der Waals surface area (Å²) in [5.74, 6) is 0. The molecule has 0 saturated carbocycles. The lowest BCUT2D eigenvalue weighted by atomic mass is 10.3. The fourth-order valence-electron chi connectivity index (χ4n) is 1.16. The molecule has 96 valence electrons. The van der Waals surface area contributed by atoms with Gasteiger partial charge in [0.1, 0.15) is 16.4 Å². The Morgan fingerprint density at radius 1 is 1.28 bits per heavy atom. The Bertz CT molecular complexity index is 570. The van der Waals surface area contributed by atoms with Crippen LogP contribution in [0.25, 0.3) is 0 Å². The molecule has 2 rings (SSSR count). The van der Waals surface area contributed by atoms with Crippen LogP contribution in [0.4, 0.5) is 13.2 Å². The van der Waals surface area contributed by atoms with E-state index in [9.17, 15) is 13.2 Å². The molecule has 8 heteroatoms. The normalized spacial score (nSPS) is 11.8. The van der Waals surface area contributed by atoms with E-state index in [4.69, 9.17) is 16.0 Å². The van der Waals surface area contributed by atoms with Gasteiger partial charge in [0.15, 0.2) is 0 Å². The SMILES string of the molecule is Cc1coc(Sc2cc(C(F)(F)F)cc(Cl)n2)n1. The molecule has 0 amide bonds. The molecule has 0 aliphatic rings. The van der Waals surface area contributed by atoms with Crippen LogP contribution in [-0.2, 0) is 6.18 Å². The van der Waals surface area contributed by atoms with Crippen molar-refractivity contribution in [2.75, 3.05) is 0 Å². The van der Waals surface area contributed by atoms with Crippen molar-refractivity contribution in [3.8, 4) is 0 Å². The van der Waals surface area contributed by atoms with Crippen LogP contribution in [0.2, 0.25) is 5.15 Å². The summed E-state index contributed by atoms with van der Waals surface area (Å²) in [6, 6.07) is 1.67. The fraction of sp³-hybridized carbons (Fsp3) is 0.200. The van der Waals surface area contributed by atoms with Crippen LogP contribution in [0.1, 0.15) is 11.3 Å². The number of rotatable bonds is 2. The van der Waals surface area contributed by atoms with Gasteiger partial charge >= 0.3 is 6.18 Å². The molecule has 0 bridgehead atoms. The first-order valence-corrected chi connectivity index (χ1v) is 5.89. The minimum Gasteiger partial charge on any atom is -0.439 e. The van der Waals surface area contributed by atoms with Crippen LogP contribution in [0.5, 0.6) is 0 Å². The number of hydrogen-bond acceptors (Lipinski definition) is 4. The summed E-state index contributed by atoms with van der Waals surface area (Å²) in [6.45, 7) is 1.71. The van der Waals surface area contributed by atoms with E-state index in [1.165, 1.54) is 6.26 Å². The Labute approximate surface area is 109 Å². The maximum Gasteiger partial charge on any atom is 0.416 e. The van der Waals surface area contributed by atoms with Gasteiger partial charge in [0.25, 0.3) is 5.22 Å². The number of pyridine rings is 1. The summed E-state index contributed by atoms with van der Waals surface area (Å²) in [7, 11) is 0. The number of halogens is 4. The van der Waals surface area contributed by atoms with Crippen molar-refractivity contribution >= 4 is 23.4 Å². The Morgan fingerprint density at radius 2 is 2.00 bits per heavy atom. The van der Waals surface area contributed by atoms with E-state index >= 15 is 0 Å². The average Bonchev–Trinajstić information content (AvgIpc) is 2.61. The highest BCUT2D eigenvalue weighted by atomic mass is 35.5. The molecule has 0 unspecified atom stereocenters. The zero-order chi connectivity index (χ0) is 13.3. The van der Waals surface area contributed by atoms with Gasteiger partial charge in [0, 0.05) is 0 Å². The lowest BCUT2D eigenvalue weighted by Crippen LogP contribution is -2.05. The third-order valence-electron chi connectivity index (χ3n) is 1.89. The van der Waals surface area contributed by atoms with Gasteiger partial charge < -0.3 is 4.42 Å². The van der Waals surface area contributed by atoms with Crippen LogP contribution in [0.3, 0.4) is 0 Å². The molecule has 0 aliphatic carbocycles. The van der Waals surface area contributed by atoms with Gasteiger partial charge in [-0.1, -0.05) is 11.6 Å². The predicted octanol–water partition coefficient (Wildman–Crippen LogP) is 4.20. The first kappa shape index (κ1) is 13.2. The van der Waals surface area contributed by atoms with E-state index in [1.807, 2.05) is 0 Å². The molecule has 3 nitrogen and oxygen atoms in total. The minimum absolute atomic E-state index is 0.0803. The van der Waals surface area contributed by atoms with Crippen LogP contribution in [-0.4, -0.2) is 9.97 Å². The first-order valence-electron chi connectivity index (χ1n) is 4.69. The van der Waals surface area contributed by atoms with Gasteiger partial charge in [-0.2, -0.15) is 13.2 Å². The van der Waals surface area contributed by atoms with Gasteiger partial charge in [-0.25, -0.2) is 9.97 Å². The first-order chi connectivity index (χ1) is 8.34. The second-order valence-corrected chi connectivity index (χ2v) is 4.73. The highest BCUT2D eigenvalue weighted by Gasteiger charge is 2.31. The van der Waals surface area contributed by atoms with Gasteiger partial charge in [-0.15, -0.1) is 0 Å². The minimum atomic E-state index is -4.46. The topological polar surface area (TPSA) is 38.9 Å². The third kappa shape index (κ3) is 3.17. The zero-order valence-electron chi connectivity index (χ0n) is 8.95. The van der Waals surface area contributed by atoms with Crippen molar-refractivity contribution in [2.45, 2.75) is 23.3 Å². The monoisotopic (exact) mass is 294 g/mol. The maximum absolute atomic E-state index is 12.6. The van der Waals surface area contributed by atoms with E-state index in [2.05, 4.69) is 9.97 Å². The summed E-state index contributed by atoms with van der Waals surface area (Å²) in [5.41, 5.74) is -0.219. The molecule has 0 aliphatic heterocycles. The number of alkyl halides is 3. The smallest absolute Gasteiger partial charge is 0.416 e. The summed E-state index contributed by atoms with van der Waals surface area (Å²) in [6.07, 6.45) is -3.06. The van der Waals surface area contributed by atoms with E-state index in [0.717, 1.165) is 23.9 Å². The standard InChI is InChI=1S/C10H6ClF3N2OS/c1-5-4-17-9(15-5)18-8-3-6(10(12,13)14)2-7(11)16-8/h2-4H,1H3. The van der Waals surface area contributed by atoms with Crippen LogP contribution >= 0.6 is 23.4 Å². The van der Waals surface area contributed by atoms with E-state index in [-0.39, 0.29) is 15.4 Å². The molecular weight excluding hydrogens is 289 g/mol. The summed E-state index contributed by atoms with van der Waals surface area (Å²) >= 11 is 6.43. The second kappa shape index (κ2) is 4.81. The van der Waals surface area contributed by atoms with Crippen LogP contribution < -0.4 is 0 Å². The molecule has 0 fully saturated rings. The lowest BCUT2D eigenvalue weighted by molar-refractivity contribution is -0.137. The van der Waals surface area contributed by atoms with Crippen molar-refractivity contribution in [1.29, 1.82) is 0 Å². The number of aryl methyl sites for hydroxylation is 1. The fourth-order valence-corrected chi connectivity index (χ4v) is 2.21. The summed E-state index contributed by atoms with van der Waals surface area (Å²) in [4.78, 5) is 7.74. The quantitative estimate of drug-likeness (QED) is 0.778. The molecule has 0 radical (unpaired) electrons. The third-order valence-corrected chi connectivity index (χ3v) is 2.86. The molecule has 0 saturated heterocycles. The van der Waals surface area contributed by atoms with Crippen molar-refractivity contribution in [3.63, 3.8) is 0 Å². The van der Waals surface area contributed by atoms with E-state index < -0.39 is 11.7 Å². The summed E-state index contributed by atoms with van der Waals surface area (Å²) in [5, 5.41) is 0.0719. The highest BCUT2D eigenvalue weighted by Crippen LogP contribution is 2.34. The van der Waals surface area contributed by atoms with Crippen molar-refractivity contribution in [3.05, 3.63) is 34.8 Å². The van der Waals surface area contributed by atoms with Gasteiger partial charge in [0.05, 0.1) is 11.3 Å². The number of hydrogen-bond donors (Lipinski definition) is 0. The highest BCUT2D eigenvalue weighted by molar-refractivity contribution is 7.99. The van der Waals surface area contributed by atoms with E-state index in [0.29, 0.717) is 5.69 Å². The number of aromatic nitrogens is 2. The van der Waals surface area contributed by atoms with Crippen LogP contribution in [0, 0.1) is 6.92 Å². The van der Waals surface area contributed by atoms with Gasteiger partial charge in [-0.3, -0.25) is 0 Å². The van der Waals surface area contributed by atoms with Gasteiger partial charge in [0.2, 0.25) is 0 Å². The molecule has 0 N–H and O–H groups in total. The Hall–Kier alpha value is -1.21. The molecule has 0 aromatic carbocycles. The predicted molar refractivity (Wildman–Crippen MR) is 59.6 cm³/mol. The number of nitrogens with zero attached hydrogens (tertiary/aromatic N) is 2. The molecule has 0 atom stereocenters. The Kier molecular flexibility index (Phi) is 3.54. The average molecular weight is 295 g/mol. The van der Waals surface area contributed by atoms with Gasteiger partial charge in [-0.05, 0) is 30.8 Å². The number of oxazole rings is 1. The summed E-state index contributed by atoms with van der Waals surface area (Å²) < 4.78 is 42.7. The van der Waals surface area contributed by atoms with Crippen molar-refractivity contribution in [2.24, 2.45) is 0 Å². The van der Waals surface area contributed by atoms with Crippen molar-refractivity contribution in [1.82, 2.24) is 9.97 Å². The second-order valence-electron chi connectivity index (χ2n) is 3.37. The molecule has 2 aromatic rings. The Balaban J connectivity index is 2.31. The van der Waals surface area contributed by atoms with E-state index in [1.54, 1.807) is 6.92 Å². The zero-order valence-corrected chi connectivity index (χ0v) is 10.5. The maximum atomic E-state index is 12.6. The van der Waals surface area contributed by atoms with Crippen LogP contribution in [0.15, 0.2) is 33.1 Å². The largest absolute Gasteiger partial charge is 0.439 e. The molecule has 2 aromatic heterocycles. The molecule has 0 spiro atoms. The van der Waals surface area contributed by atoms with Crippen molar-refractivity contribution < 1.29 is 17.6 Å².